The van der Waals surface area contributed by atoms with Gasteiger partial charge in [0.15, 0.2) is 5.82 Å². The molecule has 3 aromatic rings. The Morgan fingerprint density at radius 3 is 2.86 bits per heavy atom. The van der Waals surface area contributed by atoms with Crippen LogP contribution in [-0.4, -0.2) is 34.5 Å². The van der Waals surface area contributed by atoms with Crippen molar-refractivity contribution in [1.82, 2.24) is 34.3 Å². The zero-order valence-electron chi connectivity index (χ0n) is 11.8. The molecule has 1 aromatic carbocycles. The van der Waals surface area contributed by atoms with E-state index >= 15 is 0 Å². The lowest BCUT2D eigenvalue weighted by Crippen LogP contribution is -2.36. The van der Waals surface area contributed by atoms with Crippen LogP contribution in [0.15, 0.2) is 12.1 Å². The van der Waals surface area contributed by atoms with E-state index in [1.165, 1.54) is 0 Å². The molecule has 0 spiro atoms. The molecule has 0 aliphatic heterocycles. The summed E-state index contributed by atoms with van der Waals surface area (Å²) in [7, 11) is 0. The summed E-state index contributed by atoms with van der Waals surface area (Å²) in [5.41, 5.74) is 2.12. The topological polar surface area (TPSA) is 81.4 Å². The Labute approximate surface area is 130 Å². The van der Waals surface area contributed by atoms with Gasteiger partial charge in [0.05, 0.1) is 23.3 Å². The summed E-state index contributed by atoms with van der Waals surface area (Å²) in [6.45, 7) is 6.78. The Hall–Kier alpha value is -1.64. The fourth-order valence-corrected chi connectivity index (χ4v) is 2.62. The Kier molecular flexibility index (Phi) is 3.60. The van der Waals surface area contributed by atoms with E-state index < -0.39 is 0 Å². The van der Waals surface area contributed by atoms with E-state index in [4.69, 9.17) is 11.6 Å². The third-order valence-electron chi connectivity index (χ3n) is 2.87. The first kappa shape index (κ1) is 14.3. The predicted molar refractivity (Wildman–Crippen MR) is 81.7 cm³/mol. The second kappa shape index (κ2) is 5.28. The number of tetrazole rings is 1. The predicted octanol–water partition coefficient (Wildman–Crippen LogP) is 2.21. The largest absolute Gasteiger partial charge is 0.305 e. The Balaban J connectivity index is 2.06. The van der Waals surface area contributed by atoms with E-state index in [1.807, 2.05) is 6.07 Å². The highest BCUT2D eigenvalue weighted by molar-refractivity contribution is 7.00. The van der Waals surface area contributed by atoms with Gasteiger partial charge in [-0.15, -0.1) is 5.10 Å². The average Bonchev–Trinajstić information content (AvgIpc) is 3.03. The molecule has 3 rings (SSSR count). The molecule has 0 bridgehead atoms. The summed E-state index contributed by atoms with van der Waals surface area (Å²) in [5, 5.41) is 15.8. The molecule has 0 amide bonds. The van der Waals surface area contributed by atoms with Gasteiger partial charge in [-0.05, 0) is 43.3 Å². The van der Waals surface area contributed by atoms with Crippen molar-refractivity contribution < 1.29 is 0 Å². The first-order chi connectivity index (χ1) is 9.96. The number of halogens is 1. The molecule has 0 fully saturated rings. The summed E-state index contributed by atoms with van der Waals surface area (Å²) < 4.78 is 10.1. The van der Waals surface area contributed by atoms with Gasteiger partial charge in [-0.2, -0.15) is 13.4 Å². The Morgan fingerprint density at radius 1 is 1.29 bits per heavy atom. The molecule has 7 nitrogen and oxygen atoms in total. The van der Waals surface area contributed by atoms with Crippen molar-refractivity contribution in [2.45, 2.75) is 32.9 Å². The normalized spacial score (nSPS) is 12.2. The zero-order chi connectivity index (χ0) is 15.0. The second-order valence-corrected chi connectivity index (χ2v) is 6.57. The average molecular weight is 324 g/mol. The molecule has 1 N–H and O–H groups in total. The molecule has 0 aliphatic carbocycles. The van der Waals surface area contributed by atoms with Crippen LogP contribution >= 0.6 is 23.3 Å². The van der Waals surface area contributed by atoms with E-state index in [0.29, 0.717) is 28.6 Å². The number of nitrogens with zero attached hydrogens (tertiary/aromatic N) is 6. The fourth-order valence-electron chi connectivity index (χ4n) is 1.85. The van der Waals surface area contributed by atoms with E-state index in [0.717, 1.165) is 17.2 Å². The third kappa shape index (κ3) is 2.87. The fraction of sp³-hybridized carbons (Fsp3) is 0.417. The second-order valence-electron chi connectivity index (χ2n) is 5.64. The van der Waals surface area contributed by atoms with Crippen molar-refractivity contribution in [3.05, 3.63) is 23.0 Å². The van der Waals surface area contributed by atoms with Crippen LogP contribution < -0.4 is 5.32 Å². The van der Waals surface area contributed by atoms with Gasteiger partial charge in [-0.1, -0.05) is 11.6 Å². The summed E-state index contributed by atoms with van der Waals surface area (Å²) in [6.07, 6.45) is 0. The highest BCUT2D eigenvalue weighted by atomic mass is 35.5. The van der Waals surface area contributed by atoms with Crippen LogP contribution in [0.25, 0.3) is 16.7 Å². The number of hydrogen-bond acceptors (Lipinski definition) is 7. The summed E-state index contributed by atoms with van der Waals surface area (Å²) >= 11 is 7.45. The van der Waals surface area contributed by atoms with Gasteiger partial charge < -0.3 is 5.32 Å². The molecular weight excluding hydrogens is 310 g/mol. The van der Waals surface area contributed by atoms with Gasteiger partial charge in [-0.25, -0.2) is 0 Å². The summed E-state index contributed by atoms with van der Waals surface area (Å²) in [5.74, 6) is 0.673. The molecular formula is C12H14ClN7S. The molecule has 2 aromatic heterocycles. The Bertz CT molecular complexity index is 773. The van der Waals surface area contributed by atoms with Crippen LogP contribution in [0.5, 0.6) is 0 Å². The first-order valence-corrected chi connectivity index (χ1v) is 7.50. The molecule has 110 valence electrons. The number of fused-ring (bicyclic) bond motifs is 1. The number of aromatic nitrogens is 6. The van der Waals surface area contributed by atoms with Gasteiger partial charge in [0, 0.05) is 5.54 Å². The summed E-state index contributed by atoms with van der Waals surface area (Å²) in [4.78, 5) is 0. The number of rotatable bonds is 3. The lowest BCUT2D eigenvalue weighted by Gasteiger charge is -2.20. The molecule has 21 heavy (non-hydrogen) atoms. The monoisotopic (exact) mass is 323 g/mol. The molecule has 0 atom stereocenters. The van der Waals surface area contributed by atoms with Gasteiger partial charge in [-0.3, -0.25) is 0 Å². The molecule has 0 unspecified atom stereocenters. The highest BCUT2D eigenvalue weighted by Crippen LogP contribution is 2.28. The van der Waals surface area contributed by atoms with Crippen LogP contribution in [0.2, 0.25) is 5.02 Å². The van der Waals surface area contributed by atoms with E-state index in [1.54, 1.807) is 10.7 Å². The third-order valence-corrected chi connectivity index (χ3v) is 3.72. The smallest absolute Gasteiger partial charge is 0.170 e. The zero-order valence-corrected chi connectivity index (χ0v) is 13.4. The molecule has 2 heterocycles. The van der Waals surface area contributed by atoms with Crippen molar-refractivity contribution in [2.75, 3.05) is 0 Å². The van der Waals surface area contributed by atoms with Gasteiger partial charge in [0.1, 0.15) is 16.7 Å². The van der Waals surface area contributed by atoms with E-state index in [-0.39, 0.29) is 5.54 Å². The minimum absolute atomic E-state index is 0.0330. The lowest BCUT2D eigenvalue weighted by molar-refractivity contribution is 0.415. The van der Waals surface area contributed by atoms with Crippen molar-refractivity contribution >= 4 is 34.4 Å². The van der Waals surface area contributed by atoms with Crippen LogP contribution in [0.3, 0.4) is 0 Å². The minimum Gasteiger partial charge on any atom is -0.305 e. The van der Waals surface area contributed by atoms with Gasteiger partial charge >= 0.3 is 0 Å². The maximum absolute atomic E-state index is 6.31. The first-order valence-electron chi connectivity index (χ1n) is 6.39. The number of benzene rings is 1. The quantitative estimate of drug-likeness (QED) is 0.796. The molecule has 0 aliphatic rings. The number of hydrogen-bond donors (Lipinski definition) is 1. The molecule has 0 saturated heterocycles. The SMILES string of the molecule is CC(C)(C)NCc1nnnn1-c1c(Cl)ccc2nsnc12. The van der Waals surface area contributed by atoms with Crippen molar-refractivity contribution in [2.24, 2.45) is 0 Å². The van der Waals surface area contributed by atoms with E-state index in [9.17, 15) is 0 Å². The van der Waals surface area contributed by atoms with Crippen LogP contribution in [0.4, 0.5) is 0 Å². The van der Waals surface area contributed by atoms with Crippen molar-refractivity contribution in [1.29, 1.82) is 0 Å². The molecule has 0 radical (unpaired) electrons. The maximum atomic E-state index is 6.31. The Morgan fingerprint density at radius 2 is 2.10 bits per heavy atom. The summed E-state index contributed by atoms with van der Waals surface area (Å²) in [6, 6.07) is 3.62. The molecule has 9 heteroatoms. The van der Waals surface area contributed by atoms with Crippen LogP contribution in [-0.2, 0) is 6.54 Å². The van der Waals surface area contributed by atoms with E-state index in [2.05, 4.69) is 50.4 Å². The van der Waals surface area contributed by atoms with Crippen LogP contribution in [0.1, 0.15) is 26.6 Å². The van der Waals surface area contributed by atoms with Crippen molar-refractivity contribution in [3.63, 3.8) is 0 Å². The highest BCUT2D eigenvalue weighted by Gasteiger charge is 2.18. The lowest BCUT2D eigenvalue weighted by atomic mass is 10.1. The van der Waals surface area contributed by atoms with Crippen LogP contribution in [0, 0.1) is 0 Å². The molecule has 0 saturated carbocycles. The van der Waals surface area contributed by atoms with Gasteiger partial charge in [0.25, 0.3) is 0 Å². The number of nitrogens with one attached hydrogen (secondary N) is 1. The van der Waals surface area contributed by atoms with Gasteiger partial charge in [0.2, 0.25) is 0 Å². The van der Waals surface area contributed by atoms with Crippen molar-refractivity contribution in [3.8, 4) is 5.69 Å². The minimum atomic E-state index is -0.0330. The standard InChI is InChI=1S/C12H14ClN7S/c1-12(2,3)14-6-9-15-18-19-20(9)11-7(13)4-5-8-10(11)17-21-16-8/h4-5,14H,6H2,1-3H3. The maximum Gasteiger partial charge on any atom is 0.170 e.